The lowest BCUT2D eigenvalue weighted by molar-refractivity contribution is -0.135. The molecule has 0 aromatic rings. The summed E-state index contributed by atoms with van der Waals surface area (Å²) in [7, 11) is 2.13. The van der Waals surface area contributed by atoms with Crippen LogP contribution in [0.3, 0.4) is 0 Å². The van der Waals surface area contributed by atoms with Gasteiger partial charge in [-0.15, -0.1) is 0 Å². The van der Waals surface area contributed by atoms with E-state index in [2.05, 4.69) is 23.8 Å². The van der Waals surface area contributed by atoms with Crippen LogP contribution < -0.4 is 5.73 Å². The van der Waals surface area contributed by atoms with E-state index < -0.39 is 0 Å². The van der Waals surface area contributed by atoms with E-state index in [9.17, 15) is 4.79 Å². The fraction of sp³-hybridized carbons (Fsp3) is 0.933. The van der Waals surface area contributed by atoms with Gasteiger partial charge in [-0.3, -0.25) is 4.79 Å². The van der Waals surface area contributed by atoms with Crippen molar-refractivity contribution in [3.63, 3.8) is 0 Å². The zero-order chi connectivity index (χ0) is 13.8. The third-order valence-electron chi connectivity index (χ3n) is 4.81. The summed E-state index contributed by atoms with van der Waals surface area (Å²) >= 11 is 0. The predicted molar refractivity (Wildman–Crippen MR) is 77.8 cm³/mol. The molecule has 0 radical (unpaired) electrons. The number of rotatable bonds is 3. The number of hydrogen-bond donors (Lipinski definition) is 1. The second kappa shape index (κ2) is 6.71. The Morgan fingerprint density at radius 2 is 1.89 bits per heavy atom. The van der Waals surface area contributed by atoms with Crippen LogP contribution in [0.25, 0.3) is 0 Å². The van der Waals surface area contributed by atoms with Crippen molar-refractivity contribution in [1.82, 2.24) is 9.80 Å². The molecule has 1 aliphatic heterocycles. The molecular formula is C15H29N3O. The average Bonchev–Trinajstić information content (AvgIpc) is 2.37. The summed E-state index contributed by atoms with van der Waals surface area (Å²) in [6.07, 6.45) is 6.51. The second-order valence-electron chi connectivity index (χ2n) is 6.52. The monoisotopic (exact) mass is 267 g/mol. The number of likely N-dealkylation sites (N-methyl/N-ethyl adjacent to an activating group) is 1. The Bertz CT molecular complexity index is 300. The lowest BCUT2D eigenvalue weighted by Gasteiger charge is -2.38. The Kier molecular flexibility index (Phi) is 5.22. The highest BCUT2D eigenvalue weighted by atomic mass is 16.2. The molecule has 0 bridgehead atoms. The van der Waals surface area contributed by atoms with E-state index in [-0.39, 0.29) is 0 Å². The van der Waals surface area contributed by atoms with Crippen LogP contribution in [0.2, 0.25) is 0 Å². The molecule has 1 aliphatic carbocycles. The average molecular weight is 267 g/mol. The van der Waals surface area contributed by atoms with Crippen molar-refractivity contribution in [3.05, 3.63) is 0 Å². The SMILES string of the molecule is CC1CN(C)CCN1C(=O)CCC1CCC(N)CC1. The smallest absolute Gasteiger partial charge is 0.222 e. The first-order valence-electron chi connectivity index (χ1n) is 7.80. The Balaban J connectivity index is 1.72. The number of piperazine rings is 1. The summed E-state index contributed by atoms with van der Waals surface area (Å²) in [5.74, 6) is 1.09. The standard InChI is InChI=1S/C15H29N3O/c1-12-11-17(2)9-10-18(12)15(19)8-5-13-3-6-14(16)7-4-13/h12-14H,3-11,16H2,1-2H3. The fourth-order valence-electron chi connectivity index (χ4n) is 3.46. The highest BCUT2D eigenvalue weighted by Gasteiger charge is 2.26. The predicted octanol–water partition coefficient (Wildman–Crippen LogP) is 1.45. The van der Waals surface area contributed by atoms with Crippen molar-refractivity contribution >= 4 is 5.91 Å². The van der Waals surface area contributed by atoms with Crippen LogP contribution in [0.4, 0.5) is 0 Å². The zero-order valence-electron chi connectivity index (χ0n) is 12.5. The summed E-state index contributed by atoms with van der Waals surface area (Å²) < 4.78 is 0. The quantitative estimate of drug-likeness (QED) is 0.842. The van der Waals surface area contributed by atoms with E-state index in [0.29, 0.717) is 18.0 Å². The first kappa shape index (κ1) is 14.8. The minimum atomic E-state index is 0.357. The Morgan fingerprint density at radius 1 is 1.21 bits per heavy atom. The maximum absolute atomic E-state index is 12.3. The first-order chi connectivity index (χ1) is 9.06. The molecule has 1 saturated heterocycles. The van der Waals surface area contributed by atoms with Gasteiger partial charge in [0, 0.05) is 38.1 Å². The van der Waals surface area contributed by atoms with Crippen LogP contribution in [0.1, 0.15) is 45.4 Å². The van der Waals surface area contributed by atoms with Crippen molar-refractivity contribution < 1.29 is 4.79 Å². The molecule has 0 aromatic carbocycles. The molecule has 2 rings (SSSR count). The molecule has 1 amide bonds. The topological polar surface area (TPSA) is 49.6 Å². The molecule has 1 heterocycles. The minimum Gasteiger partial charge on any atom is -0.337 e. The molecule has 1 unspecified atom stereocenters. The highest BCUT2D eigenvalue weighted by Crippen LogP contribution is 2.27. The number of carbonyl (C=O) groups excluding carboxylic acids is 1. The van der Waals surface area contributed by atoms with Gasteiger partial charge in [-0.2, -0.15) is 0 Å². The summed E-state index contributed by atoms with van der Waals surface area (Å²) in [5, 5.41) is 0. The van der Waals surface area contributed by atoms with E-state index in [4.69, 9.17) is 5.73 Å². The molecule has 4 nitrogen and oxygen atoms in total. The Morgan fingerprint density at radius 3 is 2.53 bits per heavy atom. The maximum Gasteiger partial charge on any atom is 0.222 e. The van der Waals surface area contributed by atoms with Gasteiger partial charge in [0.1, 0.15) is 0 Å². The summed E-state index contributed by atoms with van der Waals surface area (Å²) in [4.78, 5) is 16.7. The van der Waals surface area contributed by atoms with Crippen LogP contribution in [-0.2, 0) is 4.79 Å². The van der Waals surface area contributed by atoms with Crippen LogP contribution in [0.15, 0.2) is 0 Å². The third kappa shape index (κ3) is 4.18. The van der Waals surface area contributed by atoms with E-state index in [1.165, 1.54) is 12.8 Å². The highest BCUT2D eigenvalue weighted by molar-refractivity contribution is 5.76. The van der Waals surface area contributed by atoms with Gasteiger partial charge >= 0.3 is 0 Å². The lowest BCUT2D eigenvalue weighted by atomic mass is 9.83. The van der Waals surface area contributed by atoms with E-state index >= 15 is 0 Å². The number of nitrogens with zero attached hydrogens (tertiary/aromatic N) is 2. The maximum atomic E-state index is 12.3. The second-order valence-corrected chi connectivity index (χ2v) is 6.52. The third-order valence-corrected chi connectivity index (χ3v) is 4.81. The first-order valence-corrected chi connectivity index (χ1v) is 7.80. The normalized spacial score (nSPS) is 33.4. The van der Waals surface area contributed by atoms with Crippen LogP contribution in [-0.4, -0.2) is 54.5 Å². The van der Waals surface area contributed by atoms with Gasteiger partial charge in [0.2, 0.25) is 5.91 Å². The van der Waals surface area contributed by atoms with Gasteiger partial charge in [0.15, 0.2) is 0 Å². The molecule has 0 spiro atoms. The number of hydrogen-bond acceptors (Lipinski definition) is 3. The van der Waals surface area contributed by atoms with Crippen LogP contribution >= 0.6 is 0 Å². The van der Waals surface area contributed by atoms with Gasteiger partial charge in [0.25, 0.3) is 0 Å². The zero-order valence-corrected chi connectivity index (χ0v) is 12.5. The van der Waals surface area contributed by atoms with E-state index in [1.54, 1.807) is 0 Å². The lowest BCUT2D eigenvalue weighted by Crippen LogP contribution is -2.52. The van der Waals surface area contributed by atoms with Crippen molar-refractivity contribution in [3.8, 4) is 0 Å². The van der Waals surface area contributed by atoms with Crippen LogP contribution in [0.5, 0.6) is 0 Å². The Hall–Kier alpha value is -0.610. The van der Waals surface area contributed by atoms with Gasteiger partial charge in [-0.25, -0.2) is 0 Å². The van der Waals surface area contributed by atoms with Crippen molar-refractivity contribution in [1.29, 1.82) is 0 Å². The van der Waals surface area contributed by atoms with Crippen molar-refractivity contribution in [2.75, 3.05) is 26.7 Å². The van der Waals surface area contributed by atoms with E-state index in [0.717, 1.165) is 51.2 Å². The largest absolute Gasteiger partial charge is 0.337 e. The number of nitrogens with two attached hydrogens (primary N) is 1. The van der Waals surface area contributed by atoms with Crippen LogP contribution in [0, 0.1) is 5.92 Å². The fourth-order valence-corrected chi connectivity index (χ4v) is 3.46. The Labute approximate surface area is 117 Å². The molecule has 4 heteroatoms. The van der Waals surface area contributed by atoms with Gasteiger partial charge < -0.3 is 15.5 Å². The molecule has 110 valence electrons. The van der Waals surface area contributed by atoms with Crippen molar-refractivity contribution in [2.45, 2.75) is 57.5 Å². The summed E-state index contributed by atoms with van der Waals surface area (Å²) in [6.45, 7) is 5.07. The van der Waals surface area contributed by atoms with Gasteiger partial charge in [-0.1, -0.05) is 0 Å². The molecule has 0 aromatic heterocycles. The molecule has 1 atom stereocenters. The molecule has 2 N–H and O–H groups in total. The van der Waals surface area contributed by atoms with Gasteiger partial charge in [0.05, 0.1) is 0 Å². The van der Waals surface area contributed by atoms with Gasteiger partial charge in [-0.05, 0) is 52.0 Å². The minimum absolute atomic E-state index is 0.357. The number of amides is 1. The molecule has 1 saturated carbocycles. The number of carbonyl (C=O) groups is 1. The molecule has 2 aliphatic rings. The molecular weight excluding hydrogens is 238 g/mol. The summed E-state index contributed by atoms with van der Waals surface area (Å²) in [6, 6.07) is 0.774. The molecule has 19 heavy (non-hydrogen) atoms. The summed E-state index contributed by atoms with van der Waals surface area (Å²) in [5.41, 5.74) is 5.92. The van der Waals surface area contributed by atoms with Crippen molar-refractivity contribution in [2.24, 2.45) is 11.7 Å². The molecule has 2 fully saturated rings. The van der Waals surface area contributed by atoms with E-state index in [1.807, 2.05) is 0 Å².